The van der Waals surface area contributed by atoms with Crippen LogP contribution in [0.15, 0.2) is 41.8 Å². The minimum absolute atomic E-state index is 0.188. The zero-order valence-electron chi connectivity index (χ0n) is 12.2. The Bertz CT molecular complexity index is 591. The molecule has 3 rings (SSSR count). The van der Waals surface area contributed by atoms with Crippen LogP contribution in [0.4, 0.5) is 0 Å². The van der Waals surface area contributed by atoms with Gasteiger partial charge in [-0.2, -0.15) is 0 Å². The van der Waals surface area contributed by atoms with Crippen LogP contribution in [0.1, 0.15) is 47.7 Å². The van der Waals surface area contributed by atoms with Crippen molar-refractivity contribution >= 4 is 17.2 Å². The van der Waals surface area contributed by atoms with Crippen LogP contribution in [0.5, 0.6) is 0 Å². The SMILES string of the molecule is O=C(CCCc1cccs1)N[C@H]1CCCc2ccccc21. The highest BCUT2D eigenvalue weighted by Crippen LogP contribution is 2.29. The van der Waals surface area contributed by atoms with Crippen molar-refractivity contribution in [3.63, 3.8) is 0 Å². The molecule has 0 spiro atoms. The summed E-state index contributed by atoms with van der Waals surface area (Å²) in [5.74, 6) is 0.188. The number of amides is 1. The first-order chi connectivity index (χ1) is 10.3. The first-order valence-electron chi connectivity index (χ1n) is 7.72. The molecule has 0 bridgehead atoms. The molecule has 0 saturated carbocycles. The van der Waals surface area contributed by atoms with Crippen molar-refractivity contribution in [1.82, 2.24) is 5.32 Å². The topological polar surface area (TPSA) is 29.1 Å². The van der Waals surface area contributed by atoms with Crippen molar-refractivity contribution in [2.75, 3.05) is 0 Å². The summed E-state index contributed by atoms with van der Waals surface area (Å²) in [5, 5.41) is 5.31. The third-order valence-electron chi connectivity index (χ3n) is 4.11. The number of aryl methyl sites for hydroxylation is 2. The summed E-state index contributed by atoms with van der Waals surface area (Å²) in [4.78, 5) is 13.5. The molecular formula is C18H21NOS. The lowest BCUT2D eigenvalue weighted by atomic mass is 9.87. The van der Waals surface area contributed by atoms with Gasteiger partial charge < -0.3 is 5.32 Å². The summed E-state index contributed by atoms with van der Waals surface area (Å²) in [6, 6.07) is 12.9. The van der Waals surface area contributed by atoms with Gasteiger partial charge in [0.2, 0.25) is 5.91 Å². The Morgan fingerprint density at radius 3 is 3.00 bits per heavy atom. The van der Waals surface area contributed by atoms with Crippen molar-refractivity contribution in [2.24, 2.45) is 0 Å². The number of hydrogen-bond acceptors (Lipinski definition) is 2. The average molecular weight is 299 g/mol. The van der Waals surface area contributed by atoms with Crippen molar-refractivity contribution in [1.29, 1.82) is 0 Å². The number of thiophene rings is 1. The molecule has 110 valence electrons. The molecule has 1 aromatic carbocycles. The second-order valence-electron chi connectivity index (χ2n) is 5.64. The molecule has 1 N–H and O–H groups in total. The standard InChI is InChI=1S/C18H21NOS/c20-18(12-4-8-15-9-5-13-21-15)19-17-11-3-7-14-6-1-2-10-16(14)17/h1-2,5-6,9-10,13,17H,3-4,7-8,11-12H2,(H,19,20)/t17-/m0/s1. The van der Waals surface area contributed by atoms with Gasteiger partial charge in [-0.05, 0) is 54.7 Å². The van der Waals surface area contributed by atoms with Gasteiger partial charge in [0, 0.05) is 11.3 Å². The van der Waals surface area contributed by atoms with Crippen molar-refractivity contribution < 1.29 is 4.79 Å². The van der Waals surface area contributed by atoms with Gasteiger partial charge in [-0.1, -0.05) is 30.3 Å². The van der Waals surface area contributed by atoms with E-state index < -0.39 is 0 Å². The Hall–Kier alpha value is -1.61. The molecule has 1 atom stereocenters. The summed E-state index contributed by atoms with van der Waals surface area (Å²) in [7, 11) is 0. The number of carbonyl (C=O) groups excluding carboxylic acids is 1. The van der Waals surface area contributed by atoms with Gasteiger partial charge in [0.05, 0.1) is 6.04 Å². The van der Waals surface area contributed by atoms with Crippen LogP contribution in [0.3, 0.4) is 0 Å². The summed E-state index contributed by atoms with van der Waals surface area (Å²) in [6.45, 7) is 0. The molecule has 3 heteroatoms. The third kappa shape index (κ3) is 3.73. The van der Waals surface area contributed by atoms with Crippen molar-refractivity contribution in [3.05, 3.63) is 57.8 Å². The van der Waals surface area contributed by atoms with Gasteiger partial charge in [0.1, 0.15) is 0 Å². The van der Waals surface area contributed by atoms with E-state index in [1.54, 1.807) is 11.3 Å². The minimum atomic E-state index is 0.188. The van der Waals surface area contributed by atoms with Crippen LogP contribution < -0.4 is 5.32 Å². The monoisotopic (exact) mass is 299 g/mol. The van der Waals surface area contributed by atoms with E-state index in [9.17, 15) is 4.79 Å². The van der Waals surface area contributed by atoms with Crippen LogP contribution in [0.25, 0.3) is 0 Å². The average Bonchev–Trinajstić information content (AvgIpc) is 3.01. The van der Waals surface area contributed by atoms with E-state index >= 15 is 0 Å². The number of rotatable bonds is 5. The maximum atomic E-state index is 12.1. The molecule has 2 nitrogen and oxygen atoms in total. The Morgan fingerprint density at radius 2 is 2.14 bits per heavy atom. The highest BCUT2D eigenvalue weighted by atomic mass is 32.1. The number of nitrogens with one attached hydrogen (secondary N) is 1. The maximum absolute atomic E-state index is 12.1. The normalized spacial score (nSPS) is 17.2. The van der Waals surface area contributed by atoms with E-state index in [1.165, 1.54) is 16.0 Å². The lowest BCUT2D eigenvalue weighted by Gasteiger charge is -2.26. The molecule has 0 saturated heterocycles. The molecule has 0 unspecified atom stereocenters. The van der Waals surface area contributed by atoms with Crippen LogP contribution in [0.2, 0.25) is 0 Å². The van der Waals surface area contributed by atoms with Gasteiger partial charge in [0.25, 0.3) is 0 Å². The Morgan fingerprint density at radius 1 is 1.24 bits per heavy atom. The van der Waals surface area contributed by atoms with E-state index in [4.69, 9.17) is 0 Å². The second-order valence-corrected chi connectivity index (χ2v) is 6.68. The van der Waals surface area contributed by atoms with E-state index in [-0.39, 0.29) is 11.9 Å². The Kier molecular flexibility index (Phi) is 4.71. The fourth-order valence-corrected chi connectivity index (χ4v) is 3.80. The van der Waals surface area contributed by atoms with Crippen LogP contribution >= 0.6 is 11.3 Å². The summed E-state index contributed by atoms with van der Waals surface area (Å²) in [5.41, 5.74) is 2.71. The lowest BCUT2D eigenvalue weighted by molar-refractivity contribution is -0.122. The summed E-state index contributed by atoms with van der Waals surface area (Å²) < 4.78 is 0. The van der Waals surface area contributed by atoms with Gasteiger partial charge in [-0.15, -0.1) is 11.3 Å². The maximum Gasteiger partial charge on any atom is 0.220 e. The van der Waals surface area contributed by atoms with Gasteiger partial charge in [0.15, 0.2) is 0 Å². The molecule has 1 heterocycles. The third-order valence-corrected chi connectivity index (χ3v) is 5.05. The molecule has 0 fully saturated rings. The number of carbonyl (C=O) groups is 1. The fraction of sp³-hybridized carbons (Fsp3) is 0.389. The molecular weight excluding hydrogens is 278 g/mol. The molecule has 1 aromatic heterocycles. The van der Waals surface area contributed by atoms with Gasteiger partial charge in [-0.3, -0.25) is 4.79 Å². The van der Waals surface area contributed by atoms with Crippen molar-refractivity contribution in [2.45, 2.75) is 44.6 Å². The molecule has 1 aliphatic carbocycles. The van der Waals surface area contributed by atoms with E-state index in [0.717, 1.165) is 32.1 Å². The number of fused-ring (bicyclic) bond motifs is 1. The molecule has 0 radical (unpaired) electrons. The second kappa shape index (κ2) is 6.90. The smallest absolute Gasteiger partial charge is 0.220 e. The largest absolute Gasteiger partial charge is 0.349 e. The van der Waals surface area contributed by atoms with Crippen LogP contribution in [-0.2, 0) is 17.6 Å². The quantitative estimate of drug-likeness (QED) is 0.878. The van der Waals surface area contributed by atoms with Gasteiger partial charge in [-0.25, -0.2) is 0 Å². The van der Waals surface area contributed by atoms with E-state index in [1.807, 2.05) is 0 Å². The zero-order chi connectivity index (χ0) is 14.5. The number of benzene rings is 1. The summed E-state index contributed by atoms with van der Waals surface area (Å²) in [6.07, 6.45) is 5.93. The molecule has 1 aliphatic rings. The predicted octanol–water partition coefficient (Wildman–Crippen LogP) is 4.26. The fourth-order valence-electron chi connectivity index (χ4n) is 3.05. The Balaban J connectivity index is 1.51. The lowest BCUT2D eigenvalue weighted by Crippen LogP contribution is -2.30. The predicted molar refractivity (Wildman–Crippen MR) is 87.5 cm³/mol. The highest BCUT2D eigenvalue weighted by molar-refractivity contribution is 7.09. The molecule has 21 heavy (non-hydrogen) atoms. The molecule has 1 amide bonds. The van der Waals surface area contributed by atoms with Crippen LogP contribution in [-0.4, -0.2) is 5.91 Å². The van der Waals surface area contributed by atoms with Crippen LogP contribution in [0, 0.1) is 0 Å². The van der Waals surface area contributed by atoms with Crippen molar-refractivity contribution in [3.8, 4) is 0 Å². The minimum Gasteiger partial charge on any atom is -0.349 e. The van der Waals surface area contributed by atoms with E-state index in [2.05, 4.69) is 47.1 Å². The Labute approximate surface area is 130 Å². The van der Waals surface area contributed by atoms with E-state index in [0.29, 0.717) is 6.42 Å². The number of hydrogen-bond donors (Lipinski definition) is 1. The molecule has 2 aromatic rings. The first kappa shape index (κ1) is 14.3. The van der Waals surface area contributed by atoms with Gasteiger partial charge >= 0.3 is 0 Å². The first-order valence-corrected chi connectivity index (χ1v) is 8.60. The summed E-state index contributed by atoms with van der Waals surface area (Å²) >= 11 is 1.77. The highest BCUT2D eigenvalue weighted by Gasteiger charge is 2.20. The zero-order valence-corrected chi connectivity index (χ0v) is 13.0. The molecule has 0 aliphatic heterocycles.